The molecule has 1 aromatic heterocycles. The summed E-state index contributed by atoms with van der Waals surface area (Å²) in [6.07, 6.45) is 4.20. The molecule has 1 aliphatic heterocycles. The van der Waals surface area contributed by atoms with Crippen molar-refractivity contribution in [2.45, 2.75) is 25.3 Å². The second kappa shape index (κ2) is 5.59. The van der Waals surface area contributed by atoms with Crippen LogP contribution in [0, 0.1) is 22.0 Å². The van der Waals surface area contributed by atoms with E-state index >= 15 is 0 Å². The number of hydrogen-bond donors (Lipinski definition) is 2. The van der Waals surface area contributed by atoms with Gasteiger partial charge < -0.3 is 15.6 Å². The van der Waals surface area contributed by atoms with Crippen molar-refractivity contribution in [2.24, 2.45) is 17.6 Å². The number of benzene rings is 1. The van der Waals surface area contributed by atoms with Crippen LogP contribution < -0.4 is 5.73 Å². The lowest BCUT2D eigenvalue weighted by atomic mass is 9.98. The minimum atomic E-state index is -0.416. The number of hydrogen-bond acceptors (Lipinski definition) is 4. The van der Waals surface area contributed by atoms with E-state index in [1.165, 1.54) is 12.1 Å². The number of non-ortho nitro benzene ring substituents is 1. The molecule has 7 nitrogen and oxygen atoms in total. The summed E-state index contributed by atoms with van der Waals surface area (Å²) >= 11 is 0. The third kappa shape index (κ3) is 2.45. The van der Waals surface area contributed by atoms with Crippen LogP contribution in [0.15, 0.2) is 24.4 Å². The average molecular weight is 328 g/mol. The molecule has 2 fully saturated rings. The van der Waals surface area contributed by atoms with E-state index in [0.29, 0.717) is 11.8 Å². The Balaban J connectivity index is 1.53. The second-order valence-electron chi connectivity index (χ2n) is 6.94. The van der Waals surface area contributed by atoms with Gasteiger partial charge in [0.2, 0.25) is 5.91 Å². The van der Waals surface area contributed by atoms with Gasteiger partial charge in [0.05, 0.1) is 11.3 Å². The first-order chi connectivity index (χ1) is 11.5. The monoisotopic (exact) mass is 328 g/mol. The van der Waals surface area contributed by atoms with Crippen LogP contribution in [-0.2, 0) is 11.2 Å². The van der Waals surface area contributed by atoms with E-state index in [0.717, 1.165) is 42.4 Å². The lowest BCUT2D eigenvalue weighted by molar-refractivity contribution is -0.384. The molecule has 0 bridgehead atoms. The van der Waals surface area contributed by atoms with E-state index in [1.807, 2.05) is 4.90 Å². The first-order valence-electron chi connectivity index (χ1n) is 8.30. The van der Waals surface area contributed by atoms with E-state index in [4.69, 9.17) is 5.73 Å². The predicted molar refractivity (Wildman–Crippen MR) is 89.4 cm³/mol. The highest BCUT2D eigenvalue weighted by molar-refractivity contribution is 5.90. The molecule has 1 saturated carbocycles. The van der Waals surface area contributed by atoms with Crippen LogP contribution in [0.2, 0.25) is 0 Å². The standard InChI is InChI=1S/C17H20N4O3/c18-15-3-1-10-8-20(9-14(10)15)17(22)5-11-7-19-16-4-2-12(21(23)24)6-13(11)16/h2,4,6-7,10,14-15,19H,1,3,5,8-9,18H2. The van der Waals surface area contributed by atoms with E-state index in [2.05, 4.69) is 4.98 Å². The van der Waals surface area contributed by atoms with E-state index < -0.39 is 4.92 Å². The number of nitrogens with one attached hydrogen (secondary N) is 1. The van der Waals surface area contributed by atoms with Gasteiger partial charge in [-0.05, 0) is 36.3 Å². The van der Waals surface area contributed by atoms with Gasteiger partial charge in [-0.25, -0.2) is 0 Å². The van der Waals surface area contributed by atoms with Gasteiger partial charge in [-0.3, -0.25) is 14.9 Å². The maximum absolute atomic E-state index is 12.7. The van der Waals surface area contributed by atoms with Crippen molar-refractivity contribution in [3.8, 4) is 0 Å². The normalized spacial score (nSPS) is 26.0. The maximum atomic E-state index is 12.7. The van der Waals surface area contributed by atoms with Gasteiger partial charge in [0, 0.05) is 48.4 Å². The quantitative estimate of drug-likeness (QED) is 0.662. The number of rotatable bonds is 3. The average Bonchev–Trinajstić information content (AvgIpc) is 3.24. The van der Waals surface area contributed by atoms with E-state index in [1.54, 1.807) is 12.3 Å². The molecular weight excluding hydrogens is 308 g/mol. The molecule has 7 heteroatoms. The summed E-state index contributed by atoms with van der Waals surface area (Å²) in [6, 6.07) is 4.89. The molecule has 1 aliphatic carbocycles. The minimum Gasteiger partial charge on any atom is -0.361 e. The molecule has 3 unspecified atom stereocenters. The fourth-order valence-corrected chi connectivity index (χ4v) is 4.21. The van der Waals surface area contributed by atoms with Gasteiger partial charge >= 0.3 is 0 Å². The third-order valence-electron chi connectivity index (χ3n) is 5.57. The van der Waals surface area contributed by atoms with Gasteiger partial charge in [-0.15, -0.1) is 0 Å². The summed E-state index contributed by atoms with van der Waals surface area (Å²) in [6.45, 7) is 1.53. The summed E-state index contributed by atoms with van der Waals surface area (Å²) in [7, 11) is 0. The van der Waals surface area contributed by atoms with Crippen LogP contribution in [0.5, 0.6) is 0 Å². The third-order valence-corrected chi connectivity index (χ3v) is 5.57. The molecule has 2 aliphatic rings. The first kappa shape index (κ1) is 15.1. The SMILES string of the molecule is NC1CCC2CN(C(=O)Cc3c[nH]c4ccc([N+](=O)[O-])cc34)CC12. The largest absolute Gasteiger partial charge is 0.361 e. The van der Waals surface area contributed by atoms with Crippen molar-refractivity contribution >= 4 is 22.5 Å². The molecule has 2 heterocycles. The van der Waals surface area contributed by atoms with Crippen LogP contribution in [0.1, 0.15) is 18.4 Å². The number of likely N-dealkylation sites (tertiary alicyclic amines) is 1. The number of carbonyl (C=O) groups excluding carboxylic acids is 1. The van der Waals surface area contributed by atoms with E-state index in [-0.39, 0.29) is 24.1 Å². The zero-order valence-electron chi connectivity index (χ0n) is 13.3. The number of nitrogens with two attached hydrogens (primary N) is 1. The van der Waals surface area contributed by atoms with Crippen molar-refractivity contribution in [3.05, 3.63) is 40.1 Å². The van der Waals surface area contributed by atoms with Gasteiger partial charge in [-0.1, -0.05) is 0 Å². The zero-order chi connectivity index (χ0) is 16.8. The van der Waals surface area contributed by atoms with Crippen LogP contribution in [-0.4, -0.2) is 39.8 Å². The molecule has 24 heavy (non-hydrogen) atoms. The molecule has 1 saturated heterocycles. The number of carbonyl (C=O) groups is 1. The Kier molecular flexibility index (Phi) is 3.53. The molecule has 126 valence electrons. The number of aromatic nitrogens is 1. The van der Waals surface area contributed by atoms with Crippen LogP contribution in [0.25, 0.3) is 10.9 Å². The number of amides is 1. The van der Waals surface area contributed by atoms with E-state index in [9.17, 15) is 14.9 Å². The van der Waals surface area contributed by atoms with Crippen molar-refractivity contribution < 1.29 is 9.72 Å². The summed E-state index contributed by atoms with van der Waals surface area (Å²) in [4.78, 5) is 28.2. The lowest BCUT2D eigenvalue weighted by Crippen LogP contribution is -2.34. The molecule has 1 amide bonds. The first-order valence-corrected chi connectivity index (χ1v) is 8.30. The Hall–Kier alpha value is -2.41. The Bertz CT molecular complexity index is 815. The van der Waals surface area contributed by atoms with Crippen LogP contribution >= 0.6 is 0 Å². The molecule has 0 radical (unpaired) electrons. The van der Waals surface area contributed by atoms with Gasteiger partial charge in [-0.2, -0.15) is 0 Å². The Labute approximate surface area is 139 Å². The van der Waals surface area contributed by atoms with Crippen molar-refractivity contribution in [1.82, 2.24) is 9.88 Å². The summed E-state index contributed by atoms with van der Waals surface area (Å²) in [5.74, 6) is 1.04. The Morgan fingerprint density at radius 2 is 2.21 bits per heavy atom. The fourth-order valence-electron chi connectivity index (χ4n) is 4.21. The molecule has 1 aromatic carbocycles. The number of nitrogens with zero attached hydrogens (tertiary/aromatic N) is 2. The number of nitro benzene ring substituents is 1. The summed E-state index contributed by atoms with van der Waals surface area (Å²) < 4.78 is 0. The predicted octanol–water partition coefficient (Wildman–Crippen LogP) is 1.81. The van der Waals surface area contributed by atoms with Gasteiger partial charge in [0.1, 0.15) is 0 Å². The smallest absolute Gasteiger partial charge is 0.270 e. The van der Waals surface area contributed by atoms with Crippen LogP contribution in [0.4, 0.5) is 5.69 Å². The molecule has 4 rings (SSSR count). The topological polar surface area (TPSA) is 105 Å². The van der Waals surface area contributed by atoms with Crippen molar-refractivity contribution in [2.75, 3.05) is 13.1 Å². The van der Waals surface area contributed by atoms with Crippen molar-refractivity contribution in [3.63, 3.8) is 0 Å². The number of nitro groups is 1. The second-order valence-corrected chi connectivity index (χ2v) is 6.94. The fraction of sp³-hybridized carbons (Fsp3) is 0.471. The van der Waals surface area contributed by atoms with Crippen LogP contribution in [0.3, 0.4) is 0 Å². The van der Waals surface area contributed by atoms with Gasteiger partial charge in [0.25, 0.3) is 5.69 Å². The zero-order valence-corrected chi connectivity index (χ0v) is 13.3. The number of H-pyrrole nitrogens is 1. The highest BCUT2D eigenvalue weighted by Crippen LogP contribution is 2.37. The number of aromatic amines is 1. The molecule has 3 atom stereocenters. The van der Waals surface area contributed by atoms with Gasteiger partial charge in [0.15, 0.2) is 0 Å². The molecular formula is C17H20N4O3. The molecule has 3 N–H and O–H groups in total. The van der Waals surface area contributed by atoms with Crippen molar-refractivity contribution in [1.29, 1.82) is 0 Å². The number of fused-ring (bicyclic) bond motifs is 2. The minimum absolute atomic E-state index is 0.0393. The summed E-state index contributed by atoms with van der Waals surface area (Å²) in [5, 5.41) is 11.7. The maximum Gasteiger partial charge on any atom is 0.270 e. The lowest BCUT2D eigenvalue weighted by Gasteiger charge is -2.18. The highest BCUT2D eigenvalue weighted by Gasteiger charge is 2.42. The summed E-state index contributed by atoms with van der Waals surface area (Å²) in [5.41, 5.74) is 7.78. The highest BCUT2D eigenvalue weighted by atomic mass is 16.6. The molecule has 2 aromatic rings. The Morgan fingerprint density at radius 3 is 2.96 bits per heavy atom. The molecule has 0 spiro atoms. The Morgan fingerprint density at radius 1 is 1.38 bits per heavy atom.